The highest BCUT2D eigenvalue weighted by Crippen LogP contribution is 2.27. The van der Waals surface area contributed by atoms with E-state index in [1.165, 1.54) is 32.6 Å². The molecule has 1 fully saturated rings. The smallest absolute Gasteiger partial charge is 0.221 e. The highest BCUT2D eigenvalue weighted by atomic mass is 16.2. The summed E-state index contributed by atoms with van der Waals surface area (Å²) in [5.41, 5.74) is 1.82. The molecule has 1 aliphatic rings. The molecule has 2 N–H and O–H groups in total. The van der Waals surface area contributed by atoms with Crippen LogP contribution in [-0.4, -0.2) is 11.8 Å². The second kappa shape index (κ2) is 7.08. The number of anilines is 1. The highest BCUT2D eigenvalue weighted by Gasteiger charge is 2.17. The molecule has 0 atom stereocenters. The standard InChI is InChI=1S/C16H22N2O2/c1-12(19)18-15-8-6-14(7-9-15)11-17-16(20)10-13-4-2-3-5-13/h6-9,13H,2-5,10-11H2,1H3,(H,17,20)(H,18,19). The first kappa shape index (κ1) is 14.6. The summed E-state index contributed by atoms with van der Waals surface area (Å²) in [7, 11) is 0. The van der Waals surface area contributed by atoms with Crippen molar-refractivity contribution in [3.8, 4) is 0 Å². The van der Waals surface area contributed by atoms with Gasteiger partial charge in [0.2, 0.25) is 11.8 Å². The maximum Gasteiger partial charge on any atom is 0.221 e. The van der Waals surface area contributed by atoms with Gasteiger partial charge >= 0.3 is 0 Å². The summed E-state index contributed by atoms with van der Waals surface area (Å²) in [5, 5.41) is 5.68. The van der Waals surface area contributed by atoms with Gasteiger partial charge in [0.15, 0.2) is 0 Å². The third-order valence-electron chi connectivity index (χ3n) is 3.71. The molecule has 4 nitrogen and oxygen atoms in total. The van der Waals surface area contributed by atoms with Crippen LogP contribution in [0.15, 0.2) is 24.3 Å². The van der Waals surface area contributed by atoms with Gasteiger partial charge in [-0.1, -0.05) is 25.0 Å². The Balaban J connectivity index is 1.75. The molecular formula is C16H22N2O2. The molecule has 0 heterocycles. The van der Waals surface area contributed by atoms with Crippen LogP contribution in [0.5, 0.6) is 0 Å². The number of hydrogen-bond donors (Lipinski definition) is 2. The van der Waals surface area contributed by atoms with Crippen molar-refractivity contribution >= 4 is 17.5 Å². The molecule has 1 aromatic carbocycles. The summed E-state index contributed by atoms with van der Waals surface area (Å²) >= 11 is 0. The third kappa shape index (κ3) is 4.68. The Morgan fingerprint density at radius 1 is 1.15 bits per heavy atom. The Hall–Kier alpha value is -1.84. The number of carbonyl (C=O) groups excluding carboxylic acids is 2. The molecule has 2 amide bonds. The van der Waals surface area contributed by atoms with Crippen molar-refractivity contribution in [1.29, 1.82) is 0 Å². The molecule has 0 saturated heterocycles. The van der Waals surface area contributed by atoms with E-state index in [4.69, 9.17) is 0 Å². The first-order chi connectivity index (χ1) is 9.63. The zero-order valence-electron chi connectivity index (χ0n) is 11.9. The van der Waals surface area contributed by atoms with E-state index in [2.05, 4.69) is 10.6 Å². The monoisotopic (exact) mass is 274 g/mol. The first-order valence-corrected chi connectivity index (χ1v) is 7.27. The minimum Gasteiger partial charge on any atom is -0.352 e. The van der Waals surface area contributed by atoms with Crippen LogP contribution in [0.25, 0.3) is 0 Å². The van der Waals surface area contributed by atoms with Crippen molar-refractivity contribution < 1.29 is 9.59 Å². The van der Waals surface area contributed by atoms with E-state index >= 15 is 0 Å². The molecule has 108 valence electrons. The summed E-state index contributed by atoms with van der Waals surface area (Å²) < 4.78 is 0. The fourth-order valence-electron chi connectivity index (χ4n) is 2.66. The summed E-state index contributed by atoms with van der Waals surface area (Å²) in [6.45, 7) is 2.03. The van der Waals surface area contributed by atoms with Crippen molar-refractivity contribution in [2.45, 2.75) is 45.6 Å². The predicted octanol–water partition coefficient (Wildman–Crippen LogP) is 2.84. The van der Waals surface area contributed by atoms with Gasteiger partial charge in [0.25, 0.3) is 0 Å². The Morgan fingerprint density at radius 3 is 2.40 bits per heavy atom. The lowest BCUT2D eigenvalue weighted by Gasteiger charge is -2.10. The number of amides is 2. The molecule has 2 rings (SSSR count). The molecule has 4 heteroatoms. The topological polar surface area (TPSA) is 58.2 Å². The van der Waals surface area contributed by atoms with Gasteiger partial charge in [-0.05, 0) is 36.5 Å². The van der Waals surface area contributed by atoms with Crippen LogP contribution < -0.4 is 10.6 Å². The Kier molecular flexibility index (Phi) is 5.16. The van der Waals surface area contributed by atoms with Crippen LogP contribution in [0.4, 0.5) is 5.69 Å². The number of rotatable bonds is 5. The molecule has 0 spiro atoms. The van der Waals surface area contributed by atoms with Gasteiger partial charge < -0.3 is 10.6 Å². The first-order valence-electron chi connectivity index (χ1n) is 7.27. The molecular weight excluding hydrogens is 252 g/mol. The molecule has 1 aliphatic carbocycles. The van der Waals surface area contributed by atoms with Crippen molar-refractivity contribution in [1.82, 2.24) is 5.32 Å². The maximum absolute atomic E-state index is 11.8. The Bertz CT molecular complexity index is 462. The average Bonchev–Trinajstić information content (AvgIpc) is 2.90. The predicted molar refractivity (Wildman–Crippen MR) is 79.2 cm³/mol. The molecule has 0 unspecified atom stereocenters. The van der Waals surface area contributed by atoms with Gasteiger partial charge in [-0.25, -0.2) is 0 Å². The average molecular weight is 274 g/mol. The van der Waals surface area contributed by atoms with Crippen molar-refractivity contribution in [2.75, 3.05) is 5.32 Å². The molecule has 0 radical (unpaired) electrons. The van der Waals surface area contributed by atoms with Gasteiger partial charge in [0, 0.05) is 25.6 Å². The molecule has 20 heavy (non-hydrogen) atoms. The third-order valence-corrected chi connectivity index (χ3v) is 3.71. The lowest BCUT2D eigenvalue weighted by Crippen LogP contribution is -2.24. The summed E-state index contributed by atoms with van der Waals surface area (Å²) in [6, 6.07) is 7.53. The normalized spacial score (nSPS) is 15.1. The zero-order valence-corrected chi connectivity index (χ0v) is 11.9. The van der Waals surface area contributed by atoms with E-state index < -0.39 is 0 Å². The molecule has 0 bridgehead atoms. The minimum atomic E-state index is -0.0809. The van der Waals surface area contributed by atoms with E-state index in [-0.39, 0.29) is 11.8 Å². The maximum atomic E-state index is 11.8. The van der Waals surface area contributed by atoms with E-state index in [9.17, 15) is 9.59 Å². The van der Waals surface area contributed by atoms with Crippen LogP contribution in [-0.2, 0) is 16.1 Å². The number of benzene rings is 1. The Labute approximate surface area is 119 Å². The van der Waals surface area contributed by atoms with Gasteiger partial charge in [-0.3, -0.25) is 9.59 Å². The second-order valence-corrected chi connectivity index (χ2v) is 5.51. The summed E-state index contributed by atoms with van der Waals surface area (Å²) in [6.07, 6.45) is 5.58. The van der Waals surface area contributed by atoms with Gasteiger partial charge in [-0.15, -0.1) is 0 Å². The van der Waals surface area contributed by atoms with Crippen LogP contribution in [0.3, 0.4) is 0 Å². The number of nitrogens with one attached hydrogen (secondary N) is 2. The summed E-state index contributed by atoms with van der Waals surface area (Å²) in [5.74, 6) is 0.641. The van der Waals surface area contributed by atoms with Crippen LogP contribution >= 0.6 is 0 Å². The fourth-order valence-corrected chi connectivity index (χ4v) is 2.66. The SMILES string of the molecule is CC(=O)Nc1ccc(CNC(=O)CC2CCCC2)cc1. The van der Waals surface area contributed by atoms with Crippen molar-refractivity contribution in [3.05, 3.63) is 29.8 Å². The largest absolute Gasteiger partial charge is 0.352 e. The van der Waals surface area contributed by atoms with E-state index in [1.54, 1.807) is 0 Å². The summed E-state index contributed by atoms with van der Waals surface area (Å²) in [4.78, 5) is 22.7. The molecule has 1 aromatic rings. The van der Waals surface area contributed by atoms with Gasteiger partial charge in [0.1, 0.15) is 0 Å². The van der Waals surface area contributed by atoms with E-state index in [1.807, 2.05) is 24.3 Å². The fraction of sp³-hybridized carbons (Fsp3) is 0.500. The lowest BCUT2D eigenvalue weighted by atomic mass is 10.0. The van der Waals surface area contributed by atoms with Crippen LogP contribution in [0.2, 0.25) is 0 Å². The molecule has 0 aliphatic heterocycles. The van der Waals surface area contributed by atoms with Gasteiger partial charge in [-0.2, -0.15) is 0 Å². The van der Waals surface area contributed by atoms with Crippen LogP contribution in [0, 0.1) is 5.92 Å². The van der Waals surface area contributed by atoms with Gasteiger partial charge in [0.05, 0.1) is 0 Å². The van der Waals surface area contributed by atoms with Crippen molar-refractivity contribution in [2.24, 2.45) is 5.92 Å². The van der Waals surface area contributed by atoms with E-state index in [0.29, 0.717) is 18.9 Å². The van der Waals surface area contributed by atoms with E-state index in [0.717, 1.165) is 11.3 Å². The lowest BCUT2D eigenvalue weighted by molar-refractivity contribution is -0.122. The quantitative estimate of drug-likeness (QED) is 0.867. The number of hydrogen-bond acceptors (Lipinski definition) is 2. The second-order valence-electron chi connectivity index (χ2n) is 5.51. The zero-order chi connectivity index (χ0) is 14.4. The highest BCUT2D eigenvalue weighted by molar-refractivity contribution is 5.88. The minimum absolute atomic E-state index is 0.0809. The Morgan fingerprint density at radius 2 is 1.80 bits per heavy atom. The van der Waals surface area contributed by atoms with Crippen molar-refractivity contribution in [3.63, 3.8) is 0 Å². The van der Waals surface area contributed by atoms with Crippen LogP contribution in [0.1, 0.15) is 44.6 Å². The molecule has 1 saturated carbocycles. The number of carbonyl (C=O) groups is 2. The molecule has 0 aromatic heterocycles.